The molecule has 1 fully saturated rings. The number of sulfonamides is 1. The van der Waals surface area contributed by atoms with Crippen molar-refractivity contribution in [3.8, 4) is 0 Å². The Hall–Kier alpha value is -2.92. The number of esters is 1. The van der Waals surface area contributed by atoms with Crippen LogP contribution in [0, 0.1) is 6.92 Å². The van der Waals surface area contributed by atoms with Crippen molar-refractivity contribution in [2.24, 2.45) is 0 Å². The van der Waals surface area contributed by atoms with Crippen LogP contribution in [0.5, 0.6) is 0 Å². The van der Waals surface area contributed by atoms with Gasteiger partial charge in [-0.1, -0.05) is 35.9 Å². The lowest BCUT2D eigenvalue weighted by molar-refractivity contribution is -0.139. The molecule has 204 valence electrons. The highest BCUT2D eigenvalue weighted by atomic mass is 35.5. The largest absolute Gasteiger partial charge is 0.463 e. The van der Waals surface area contributed by atoms with E-state index >= 15 is 0 Å². The zero-order chi connectivity index (χ0) is 27.4. The van der Waals surface area contributed by atoms with E-state index in [1.807, 2.05) is 31.2 Å². The number of hydrogen-bond donors (Lipinski definition) is 1. The molecule has 0 spiro atoms. The summed E-state index contributed by atoms with van der Waals surface area (Å²) >= 11 is 5.93. The molecule has 2 aromatic carbocycles. The van der Waals surface area contributed by atoms with Crippen molar-refractivity contribution in [2.75, 3.05) is 46.4 Å². The van der Waals surface area contributed by atoms with Crippen LogP contribution in [0.1, 0.15) is 30.5 Å². The van der Waals surface area contributed by atoms with Gasteiger partial charge in [-0.05, 0) is 62.2 Å². The number of likely N-dealkylation sites (N-methyl/N-ethyl adjacent to an activating group) is 1. The van der Waals surface area contributed by atoms with Crippen LogP contribution >= 0.6 is 11.6 Å². The number of amides is 2. The molecule has 2 aromatic rings. The average Bonchev–Trinajstić information content (AvgIpc) is 3.13. The Kier molecular flexibility index (Phi) is 8.77. The topological polar surface area (TPSA) is 99.3 Å². The number of hydrogen-bond acceptors (Lipinski definition) is 6. The van der Waals surface area contributed by atoms with Crippen molar-refractivity contribution >= 4 is 33.6 Å². The molecule has 11 heteroatoms. The second-order valence-electron chi connectivity index (χ2n) is 9.37. The number of carbonyl (C=O) groups is 2. The number of benzene rings is 2. The maximum absolute atomic E-state index is 13.3. The Morgan fingerprint density at radius 3 is 2.47 bits per heavy atom. The molecule has 2 aliphatic heterocycles. The van der Waals surface area contributed by atoms with Gasteiger partial charge >= 0.3 is 12.0 Å². The highest BCUT2D eigenvalue weighted by molar-refractivity contribution is 7.89. The van der Waals surface area contributed by atoms with Crippen LogP contribution in [-0.4, -0.2) is 80.9 Å². The first-order valence-corrected chi connectivity index (χ1v) is 14.4. The van der Waals surface area contributed by atoms with Crippen LogP contribution in [0.3, 0.4) is 0 Å². The maximum Gasteiger partial charge on any atom is 0.338 e. The van der Waals surface area contributed by atoms with Crippen molar-refractivity contribution in [3.63, 3.8) is 0 Å². The van der Waals surface area contributed by atoms with Crippen LogP contribution in [-0.2, 0) is 19.6 Å². The van der Waals surface area contributed by atoms with E-state index in [4.69, 9.17) is 16.3 Å². The Morgan fingerprint density at radius 2 is 1.79 bits per heavy atom. The van der Waals surface area contributed by atoms with E-state index in [0.29, 0.717) is 48.9 Å². The molecule has 2 aliphatic rings. The van der Waals surface area contributed by atoms with E-state index in [0.717, 1.165) is 11.1 Å². The normalized spacial score (nSPS) is 19.7. The van der Waals surface area contributed by atoms with E-state index < -0.39 is 22.0 Å². The van der Waals surface area contributed by atoms with Gasteiger partial charge in [0.05, 0.1) is 23.1 Å². The molecular formula is C27H33ClN4O5S. The standard InChI is InChI=1S/C27H33ClN4O5S/c1-4-37-26(33)24-23(30(3)27(34)29-25(24)22-9-6-5-8-19(22)2)18-31-14-7-15-32(17-16-31)38(35,36)21-12-10-20(28)11-13-21/h5-6,8-13,25H,4,7,14-18H2,1-3H3,(H,29,34)/t25-/m0/s1. The molecule has 4 rings (SSSR count). The van der Waals surface area contributed by atoms with Crippen molar-refractivity contribution in [3.05, 3.63) is 76.0 Å². The van der Waals surface area contributed by atoms with Gasteiger partial charge in [-0.15, -0.1) is 0 Å². The Morgan fingerprint density at radius 1 is 1.08 bits per heavy atom. The smallest absolute Gasteiger partial charge is 0.338 e. The van der Waals surface area contributed by atoms with E-state index in [1.54, 1.807) is 26.1 Å². The van der Waals surface area contributed by atoms with E-state index in [-0.39, 0.29) is 24.1 Å². The second kappa shape index (κ2) is 11.9. The molecular weight excluding hydrogens is 528 g/mol. The molecule has 9 nitrogen and oxygen atoms in total. The predicted molar refractivity (Wildman–Crippen MR) is 145 cm³/mol. The Balaban J connectivity index is 1.62. The molecule has 2 heterocycles. The van der Waals surface area contributed by atoms with Crippen molar-refractivity contribution in [1.82, 2.24) is 19.4 Å². The lowest BCUT2D eigenvalue weighted by atomic mass is 9.91. The number of rotatable bonds is 7. The van der Waals surface area contributed by atoms with Crippen molar-refractivity contribution in [1.29, 1.82) is 0 Å². The second-order valence-corrected chi connectivity index (χ2v) is 11.7. The van der Waals surface area contributed by atoms with Crippen molar-refractivity contribution < 1.29 is 22.7 Å². The van der Waals surface area contributed by atoms with Crippen LogP contribution in [0.4, 0.5) is 4.79 Å². The first kappa shape index (κ1) is 28.1. The highest BCUT2D eigenvalue weighted by Crippen LogP contribution is 2.33. The van der Waals surface area contributed by atoms with Crippen LogP contribution < -0.4 is 5.32 Å². The molecule has 0 aliphatic carbocycles. The first-order chi connectivity index (χ1) is 18.1. The van der Waals surface area contributed by atoms with Gasteiger partial charge < -0.3 is 10.1 Å². The number of carbonyl (C=O) groups excluding carboxylic acids is 2. The summed E-state index contributed by atoms with van der Waals surface area (Å²) in [6.07, 6.45) is 0.603. The minimum Gasteiger partial charge on any atom is -0.463 e. The van der Waals surface area contributed by atoms with E-state index in [9.17, 15) is 18.0 Å². The lowest BCUT2D eigenvalue weighted by Crippen LogP contribution is -2.49. The van der Waals surface area contributed by atoms with Crippen LogP contribution in [0.25, 0.3) is 0 Å². The summed E-state index contributed by atoms with van der Waals surface area (Å²) in [4.78, 5) is 30.0. The number of aryl methyl sites for hydroxylation is 1. The summed E-state index contributed by atoms with van der Waals surface area (Å²) in [6, 6.07) is 12.8. The fourth-order valence-corrected chi connectivity index (χ4v) is 6.45. The Labute approximate surface area is 229 Å². The number of urea groups is 1. The quantitative estimate of drug-likeness (QED) is 0.520. The van der Waals surface area contributed by atoms with Gasteiger partial charge in [0, 0.05) is 43.9 Å². The summed E-state index contributed by atoms with van der Waals surface area (Å²) in [5.41, 5.74) is 2.71. The summed E-state index contributed by atoms with van der Waals surface area (Å²) in [5, 5.41) is 3.43. The van der Waals surface area contributed by atoms with Gasteiger partial charge in [-0.25, -0.2) is 18.0 Å². The van der Waals surface area contributed by atoms with E-state index in [2.05, 4.69) is 10.2 Å². The summed E-state index contributed by atoms with van der Waals surface area (Å²) in [6.45, 7) is 5.89. The molecule has 1 saturated heterocycles. The monoisotopic (exact) mass is 560 g/mol. The zero-order valence-corrected chi connectivity index (χ0v) is 23.4. The fraction of sp³-hybridized carbons (Fsp3) is 0.407. The third-order valence-corrected chi connectivity index (χ3v) is 9.11. The number of nitrogens with one attached hydrogen (secondary N) is 1. The summed E-state index contributed by atoms with van der Waals surface area (Å²) in [5.74, 6) is -0.482. The van der Waals surface area contributed by atoms with E-state index in [1.165, 1.54) is 21.3 Å². The van der Waals surface area contributed by atoms with Gasteiger partial charge in [0.2, 0.25) is 10.0 Å². The summed E-state index contributed by atoms with van der Waals surface area (Å²) in [7, 11) is -2.04. The molecule has 0 saturated carbocycles. The van der Waals surface area contributed by atoms with Gasteiger partial charge in [0.15, 0.2) is 0 Å². The molecule has 0 unspecified atom stereocenters. The van der Waals surface area contributed by atoms with Gasteiger partial charge in [0.25, 0.3) is 0 Å². The average molecular weight is 561 g/mol. The number of ether oxygens (including phenoxy) is 1. The van der Waals surface area contributed by atoms with Gasteiger partial charge in [0.1, 0.15) is 0 Å². The molecule has 2 amide bonds. The first-order valence-electron chi connectivity index (χ1n) is 12.6. The van der Waals surface area contributed by atoms with Crippen molar-refractivity contribution in [2.45, 2.75) is 31.2 Å². The minimum atomic E-state index is -3.67. The highest BCUT2D eigenvalue weighted by Gasteiger charge is 2.38. The molecule has 0 bridgehead atoms. The van der Waals surface area contributed by atoms with Gasteiger partial charge in [-0.3, -0.25) is 9.80 Å². The SMILES string of the molecule is CCOC(=O)C1=C(CN2CCCN(S(=O)(=O)c3ccc(Cl)cc3)CC2)N(C)C(=O)N[C@H]1c1ccccc1C. The van der Waals surface area contributed by atoms with Crippen LogP contribution in [0.2, 0.25) is 5.02 Å². The molecule has 1 N–H and O–H groups in total. The molecule has 1 atom stereocenters. The van der Waals surface area contributed by atoms with Crippen LogP contribution in [0.15, 0.2) is 64.7 Å². The predicted octanol–water partition coefficient (Wildman–Crippen LogP) is 3.56. The maximum atomic E-state index is 13.3. The number of halogens is 1. The zero-order valence-electron chi connectivity index (χ0n) is 21.8. The Bertz CT molecular complexity index is 1330. The molecule has 0 radical (unpaired) electrons. The molecule has 38 heavy (non-hydrogen) atoms. The summed E-state index contributed by atoms with van der Waals surface area (Å²) < 4.78 is 33.3. The number of nitrogens with zero attached hydrogens (tertiary/aromatic N) is 3. The lowest BCUT2D eigenvalue weighted by Gasteiger charge is -2.37. The van der Waals surface area contributed by atoms with Gasteiger partial charge in [-0.2, -0.15) is 4.31 Å². The molecule has 0 aromatic heterocycles. The third-order valence-electron chi connectivity index (χ3n) is 6.94. The fourth-order valence-electron chi connectivity index (χ4n) is 4.86. The third kappa shape index (κ3) is 5.88. The minimum absolute atomic E-state index is 0.201.